The number of methoxy groups -OCH3 is 1. The summed E-state index contributed by atoms with van der Waals surface area (Å²) in [5.41, 5.74) is 3.35. The third kappa shape index (κ3) is 4.03. The second-order valence-corrected chi connectivity index (χ2v) is 9.82. The first kappa shape index (κ1) is 19.9. The summed E-state index contributed by atoms with van der Waals surface area (Å²) in [5, 5.41) is 2.03. The van der Waals surface area contributed by atoms with Gasteiger partial charge in [0, 0.05) is 23.7 Å². The summed E-state index contributed by atoms with van der Waals surface area (Å²) in [6, 6.07) is 17.5. The average Bonchev–Trinajstić information content (AvgIpc) is 3.39. The van der Waals surface area contributed by atoms with Crippen LogP contribution >= 0.6 is 11.3 Å². The zero-order valence-electron chi connectivity index (χ0n) is 16.5. The van der Waals surface area contributed by atoms with E-state index in [0.717, 1.165) is 23.4 Å². The zero-order chi connectivity index (χ0) is 20.4. The molecule has 0 radical (unpaired) electrons. The lowest BCUT2D eigenvalue weighted by molar-refractivity contribution is 0.402. The predicted molar refractivity (Wildman–Crippen MR) is 117 cm³/mol. The maximum atomic E-state index is 13.1. The number of hydrogen-bond donors (Lipinski definition) is 1. The van der Waals surface area contributed by atoms with Gasteiger partial charge in [0.15, 0.2) is 0 Å². The van der Waals surface area contributed by atoms with Crippen LogP contribution in [0.15, 0.2) is 64.9 Å². The number of rotatable bonds is 7. The molecular weight excluding hydrogens is 404 g/mol. The molecule has 2 aromatic carbocycles. The third-order valence-corrected chi connectivity index (χ3v) is 7.66. The Morgan fingerprint density at radius 3 is 2.76 bits per heavy atom. The summed E-state index contributed by atoms with van der Waals surface area (Å²) in [4.78, 5) is 3.62. The summed E-state index contributed by atoms with van der Waals surface area (Å²) in [5.74, 6) is 0.349. The number of thiophene rings is 1. The molecular formula is C22H24N2O3S2. The van der Waals surface area contributed by atoms with Gasteiger partial charge in [-0.15, -0.1) is 11.3 Å². The lowest BCUT2D eigenvalue weighted by atomic mass is 10.1. The quantitative estimate of drug-likeness (QED) is 0.614. The minimum Gasteiger partial charge on any atom is -0.495 e. The first-order valence-corrected chi connectivity index (χ1v) is 11.9. The van der Waals surface area contributed by atoms with E-state index in [2.05, 4.69) is 33.9 Å². The number of benzene rings is 2. The molecule has 0 aliphatic carbocycles. The highest BCUT2D eigenvalue weighted by Crippen LogP contribution is 2.36. The number of hydrogen-bond acceptors (Lipinski definition) is 5. The minimum atomic E-state index is -3.72. The molecule has 1 aromatic heterocycles. The lowest BCUT2D eigenvalue weighted by Gasteiger charge is -2.30. The maximum Gasteiger partial charge on any atom is 0.244 e. The topological polar surface area (TPSA) is 58.6 Å². The number of ether oxygens (including phenoxy) is 1. The van der Waals surface area contributed by atoms with Crippen molar-refractivity contribution < 1.29 is 13.2 Å². The molecule has 152 valence electrons. The molecule has 1 atom stereocenters. The highest BCUT2D eigenvalue weighted by molar-refractivity contribution is 7.89. The number of anilines is 1. The zero-order valence-corrected chi connectivity index (χ0v) is 18.1. The molecule has 0 fully saturated rings. The van der Waals surface area contributed by atoms with E-state index in [9.17, 15) is 8.42 Å². The van der Waals surface area contributed by atoms with Crippen LogP contribution in [0.5, 0.6) is 5.75 Å². The van der Waals surface area contributed by atoms with E-state index in [1.807, 2.05) is 30.5 Å². The molecule has 3 aromatic rings. The molecule has 0 saturated carbocycles. The van der Waals surface area contributed by atoms with Gasteiger partial charge in [-0.2, -0.15) is 0 Å². The van der Waals surface area contributed by atoms with Crippen LogP contribution < -0.4 is 14.4 Å². The van der Waals surface area contributed by atoms with Gasteiger partial charge in [-0.05, 0) is 54.1 Å². The Kier molecular flexibility index (Phi) is 5.63. The molecule has 0 bridgehead atoms. The summed E-state index contributed by atoms with van der Waals surface area (Å²) < 4.78 is 34.3. The van der Waals surface area contributed by atoms with E-state index >= 15 is 0 Å². The van der Waals surface area contributed by atoms with Gasteiger partial charge in [0.1, 0.15) is 10.6 Å². The SMILES string of the molecule is COc1ccc(C)cc1S(=O)(=O)NC[C@@H](c1cccs1)N1CCc2ccccc21. The van der Waals surface area contributed by atoms with Crippen molar-refractivity contribution in [3.8, 4) is 5.75 Å². The maximum absolute atomic E-state index is 13.1. The molecule has 1 aliphatic rings. The largest absolute Gasteiger partial charge is 0.495 e. The Balaban J connectivity index is 1.63. The van der Waals surface area contributed by atoms with E-state index in [1.54, 1.807) is 23.5 Å². The molecule has 0 saturated heterocycles. The summed E-state index contributed by atoms with van der Waals surface area (Å²) in [7, 11) is -2.23. The molecule has 7 heteroatoms. The van der Waals surface area contributed by atoms with Crippen LogP contribution in [-0.4, -0.2) is 28.6 Å². The Hall–Kier alpha value is -2.35. The fourth-order valence-corrected chi connectivity index (χ4v) is 5.92. The fourth-order valence-electron chi connectivity index (χ4n) is 3.79. The Bertz CT molecular complexity index is 1100. The average molecular weight is 429 g/mol. The van der Waals surface area contributed by atoms with Gasteiger partial charge in [0.2, 0.25) is 10.0 Å². The predicted octanol–water partition coefficient (Wildman–Crippen LogP) is 4.15. The Morgan fingerprint density at radius 2 is 2.00 bits per heavy atom. The van der Waals surface area contributed by atoms with Crippen LogP contribution in [0.1, 0.15) is 22.0 Å². The summed E-state index contributed by atoms with van der Waals surface area (Å²) in [6.45, 7) is 3.03. The smallest absolute Gasteiger partial charge is 0.244 e. The Labute approximate surface area is 176 Å². The van der Waals surface area contributed by atoms with E-state index in [4.69, 9.17) is 4.74 Å². The summed E-state index contributed by atoms with van der Waals surface area (Å²) in [6.07, 6.45) is 0.969. The third-order valence-electron chi connectivity index (χ3n) is 5.25. The number of sulfonamides is 1. The van der Waals surface area contributed by atoms with Gasteiger partial charge in [0.25, 0.3) is 0 Å². The van der Waals surface area contributed by atoms with Crippen LogP contribution in [0.25, 0.3) is 0 Å². The second kappa shape index (κ2) is 8.18. The number of nitrogens with zero attached hydrogens (tertiary/aromatic N) is 1. The highest BCUT2D eigenvalue weighted by Gasteiger charge is 2.29. The minimum absolute atomic E-state index is 0.0655. The van der Waals surface area contributed by atoms with Crippen LogP contribution in [-0.2, 0) is 16.4 Å². The first-order valence-electron chi connectivity index (χ1n) is 9.52. The van der Waals surface area contributed by atoms with Gasteiger partial charge < -0.3 is 9.64 Å². The molecule has 5 nitrogen and oxygen atoms in total. The molecule has 29 heavy (non-hydrogen) atoms. The molecule has 0 spiro atoms. The molecule has 1 N–H and O–H groups in total. The van der Waals surface area contributed by atoms with E-state index in [0.29, 0.717) is 5.75 Å². The standard InChI is InChI=1S/C22H24N2O3S2/c1-16-9-10-20(27-2)22(14-16)29(25,26)23-15-19(21-8-5-13-28-21)24-12-11-17-6-3-4-7-18(17)24/h3-10,13-14,19,23H,11-12,15H2,1-2H3/t19-/m0/s1. The number of fused-ring (bicyclic) bond motifs is 1. The molecule has 2 heterocycles. The van der Waals surface area contributed by atoms with Gasteiger partial charge in [-0.25, -0.2) is 13.1 Å². The fraction of sp³-hybridized carbons (Fsp3) is 0.273. The van der Waals surface area contributed by atoms with Crippen molar-refractivity contribution in [1.29, 1.82) is 0 Å². The van der Waals surface area contributed by atoms with E-state index in [-0.39, 0.29) is 17.5 Å². The van der Waals surface area contributed by atoms with Crippen LogP contribution in [0.4, 0.5) is 5.69 Å². The van der Waals surface area contributed by atoms with Crippen LogP contribution in [0.2, 0.25) is 0 Å². The second-order valence-electron chi connectivity index (χ2n) is 7.11. The van der Waals surface area contributed by atoms with Crippen molar-refractivity contribution in [3.05, 3.63) is 76.0 Å². The van der Waals surface area contributed by atoms with Gasteiger partial charge in [-0.1, -0.05) is 30.3 Å². The highest BCUT2D eigenvalue weighted by atomic mass is 32.2. The van der Waals surface area contributed by atoms with Crippen LogP contribution in [0, 0.1) is 6.92 Å². The molecule has 0 amide bonds. The van der Waals surface area contributed by atoms with Gasteiger partial charge in [-0.3, -0.25) is 0 Å². The van der Waals surface area contributed by atoms with Crippen LogP contribution in [0.3, 0.4) is 0 Å². The number of para-hydroxylation sites is 1. The Morgan fingerprint density at radius 1 is 1.17 bits per heavy atom. The van der Waals surface area contributed by atoms with Gasteiger partial charge in [0.05, 0.1) is 13.2 Å². The number of aryl methyl sites for hydroxylation is 1. The first-order chi connectivity index (χ1) is 14.0. The van der Waals surface area contributed by atoms with Crippen molar-refractivity contribution >= 4 is 27.0 Å². The van der Waals surface area contributed by atoms with Crippen molar-refractivity contribution in [1.82, 2.24) is 4.72 Å². The lowest BCUT2D eigenvalue weighted by Crippen LogP contribution is -2.37. The van der Waals surface area contributed by atoms with Crippen molar-refractivity contribution in [3.63, 3.8) is 0 Å². The van der Waals surface area contributed by atoms with Gasteiger partial charge >= 0.3 is 0 Å². The van der Waals surface area contributed by atoms with Crippen molar-refractivity contribution in [2.75, 3.05) is 25.1 Å². The van der Waals surface area contributed by atoms with Crippen molar-refractivity contribution in [2.24, 2.45) is 0 Å². The summed E-state index contributed by atoms with van der Waals surface area (Å²) >= 11 is 1.65. The molecule has 0 unspecified atom stereocenters. The normalized spacial score (nSPS) is 14.6. The number of nitrogens with one attached hydrogen (secondary N) is 1. The monoisotopic (exact) mass is 428 g/mol. The van der Waals surface area contributed by atoms with E-state index < -0.39 is 10.0 Å². The van der Waals surface area contributed by atoms with Crippen molar-refractivity contribution in [2.45, 2.75) is 24.3 Å². The molecule has 4 rings (SSSR count). The van der Waals surface area contributed by atoms with E-state index in [1.165, 1.54) is 18.4 Å². The molecule has 1 aliphatic heterocycles.